The van der Waals surface area contributed by atoms with Crippen molar-refractivity contribution in [1.29, 1.82) is 0 Å². The van der Waals surface area contributed by atoms with Crippen LogP contribution in [0.5, 0.6) is 11.5 Å². The van der Waals surface area contributed by atoms with E-state index in [2.05, 4.69) is 15.6 Å². The average molecular weight is 577 g/mol. The Morgan fingerprint density at radius 3 is 2.51 bits per heavy atom. The molecule has 2 heterocycles. The molecular formula is C29H25FN4O6S. The van der Waals surface area contributed by atoms with Gasteiger partial charge in [0.2, 0.25) is 5.91 Å². The highest BCUT2D eigenvalue weighted by Crippen LogP contribution is 2.34. The second kappa shape index (κ2) is 12.0. The fourth-order valence-electron chi connectivity index (χ4n) is 4.15. The lowest BCUT2D eigenvalue weighted by atomic mass is 10.1. The van der Waals surface area contributed by atoms with Gasteiger partial charge in [-0.15, -0.1) is 0 Å². The maximum atomic E-state index is 14.2. The van der Waals surface area contributed by atoms with Crippen LogP contribution in [0.1, 0.15) is 15.9 Å². The molecule has 2 amide bonds. The molecule has 5 rings (SSSR count). The van der Waals surface area contributed by atoms with E-state index in [0.717, 1.165) is 15.9 Å². The van der Waals surface area contributed by atoms with E-state index in [0.29, 0.717) is 12.4 Å². The molecule has 1 aliphatic rings. The van der Waals surface area contributed by atoms with Gasteiger partial charge in [-0.2, -0.15) is 0 Å². The Morgan fingerprint density at radius 2 is 1.73 bits per heavy atom. The fourth-order valence-corrected chi connectivity index (χ4v) is 5.58. The molecular weight excluding hydrogens is 551 g/mol. The Labute approximate surface area is 235 Å². The lowest BCUT2D eigenvalue weighted by Gasteiger charge is -2.25. The maximum Gasteiger partial charge on any atom is 0.264 e. The summed E-state index contributed by atoms with van der Waals surface area (Å²) in [5, 5.41) is 5.39. The van der Waals surface area contributed by atoms with E-state index in [9.17, 15) is 22.4 Å². The molecule has 0 fully saturated rings. The van der Waals surface area contributed by atoms with Crippen LogP contribution < -0.4 is 24.4 Å². The molecule has 0 aliphatic carbocycles. The van der Waals surface area contributed by atoms with Crippen molar-refractivity contribution >= 4 is 33.2 Å². The number of ether oxygens (including phenoxy) is 2. The Hall–Kier alpha value is -4.97. The monoisotopic (exact) mass is 576 g/mol. The molecule has 0 bridgehead atoms. The van der Waals surface area contributed by atoms with Gasteiger partial charge in [-0.25, -0.2) is 12.8 Å². The number of aromatic nitrogens is 1. The largest absolute Gasteiger partial charge is 0.486 e. The number of carbonyl (C=O) groups is 2. The highest BCUT2D eigenvalue weighted by molar-refractivity contribution is 7.92. The zero-order valence-electron chi connectivity index (χ0n) is 21.6. The van der Waals surface area contributed by atoms with Crippen LogP contribution in [0.4, 0.5) is 15.8 Å². The van der Waals surface area contributed by atoms with Gasteiger partial charge < -0.3 is 20.1 Å². The van der Waals surface area contributed by atoms with Crippen LogP contribution in [0.2, 0.25) is 0 Å². The summed E-state index contributed by atoms with van der Waals surface area (Å²) in [4.78, 5) is 30.0. The van der Waals surface area contributed by atoms with Crippen LogP contribution in [-0.2, 0) is 21.4 Å². The van der Waals surface area contributed by atoms with Crippen LogP contribution in [0.25, 0.3) is 0 Å². The number of rotatable bonds is 9. The number of sulfonamides is 1. The zero-order chi connectivity index (χ0) is 28.8. The first-order chi connectivity index (χ1) is 19.8. The number of para-hydroxylation sites is 1. The van der Waals surface area contributed by atoms with Gasteiger partial charge in [0.15, 0.2) is 11.5 Å². The van der Waals surface area contributed by atoms with Crippen LogP contribution >= 0.6 is 0 Å². The lowest BCUT2D eigenvalue weighted by molar-refractivity contribution is -0.114. The zero-order valence-corrected chi connectivity index (χ0v) is 22.4. The predicted octanol–water partition coefficient (Wildman–Crippen LogP) is 3.76. The number of benzene rings is 3. The van der Waals surface area contributed by atoms with E-state index in [-0.39, 0.29) is 40.7 Å². The third kappa shape index (κ3) is 6.44. The number of anilines is 2. The number of fused-ring (bicyclic) bond motifs is 1. The van der Waals surface area contributed by atoms with Crippen molar-refractivity contribution in [3.63, 3.8) is 0 Å². The number of pyridine rings is 1. The normalized spacial score (nSPS) is 12.3. The van der Waals surface area contributed by atoms with Crippen molar-refractivity contribution in [3.8, 4) is 11.5 Å². The summed E-state index contributed by atoms with van der Waals surface area (Å²) in [7, 11) is -4.37. The molecule has 4 aromatic rings. The number of hydrogen-bond acceptors (Lipinski definition) is 7. The number of nitrogens with one attached hydrogen (secondary N) is 2. The number of amides is 2. The molecule has 3 aromatic carbocycles. The number of nitrogens with zero attached hydrogens (tertiary/aromatic N) is 2. The van der Waals surface area contributed by atoms with Crippen LogP contribution in [0, 0.1) is 5.82 Å². The fraction of sp³-hybridized carbons (Fsp3) is 0.138. The minimum Gasteiger partial charge on any atom is -0.486 e. The maximum absolute atomic E-state index is 14.2. The second-order valence-corrected chi connectivity index (χ2v) is 10.8. The topological polar surface area (TPSA) is 127 Å². The summed E-state index contributed by atoms with van der Waals surface area (Å²) in [5.74, 6) is -1.24. The molecule has 0 saturated heterocycles. The van der Waals surface area contributed by atoms with Gasteiger partial charge in [-0.1, -0.05) is 24.3 Å². The third-order valence-electron chi connectivity index (χ3n) is 6.11. The van der Waals surface area contributed by atoms with E-state index in [4.69, 9.17) is 9.47 Å². The van der Waals surface area contributed by atoms with Gasteiger partial charge in [-0.05, 0) is 54.1 Å². The first-order valence-corrected chi connectivity index (χ1v) is 14.0. The molecule has 41 heavy (non-hydrogen) atoms. The van der Waals surface area contributed by atoms with Crippen molar-refractivity contribution in [2.75, 3.05) is 29.4 Å². The van der Waals surface area contributed by atoms with Crippen molar-refractivity contribution in [2.45, 2.75) is 11.4 Å². The Morgan fingerprint density at radius 1 is 0.927 bits per heavy atom. The van der Waals surface area contributed by atoms with E-state index in [1.807, 2.05) is 6.07 Å². The standard InChI is InChI=1S/C29H25FN4O6S/c30-21-6-3-7-22(15-21)34(41(37,38)23-10-11-26-27(16-23)40-14-13-39-26)19-28(35)33-25-9-2-1-8-24(25)29(36)32-18-20-5-4-12-31-17-20/h1-12,15-17H,13-14,18-19H2,(H,32,36)(H,33,35). The average Bonchev–Trinajstić information content (AvgIpc) is 2.99. The SMILES string of the molecule is O=C(CN(c1cccc(F)c1)S(=O)(=O)c1ccc2c(c1)OCCO2)Nc1ccccc1C(=O)NCc1cccnc1. The second-order valence-electron chi connectivity index (χ2n) is 8.93. The number of halogens is 1. The summed E-state index contributed by atoms with van der Waals surface area (Å²) in [6, 6.07) is 18.9. The van der Waals surface area contributed by atoms with Gasteiger partial charge in [-0.3, -0.25) is 18.9 Å². The summed E-state index contributed by atoms with van der Waals surface area (Å²) < 4.78 is 53.5. The first-order valence-electron chi connectivity index (χ1n) is 12.6. The molecule has 1 aliphatic heterocycles. The van der Waals surface area contributed by atoms with Crippen LogP contribution in [0.15, 0.2) is 96.2 Å². The summed E-state index contributed by atoms with van der Waals surface area (Å²) >= 11 is 0. The van der Waals surface area contributed by atoms with E-state index >= 15 is 0 Å². The van der Waals surface area contributed by atoms with Gasteiger partial charge in [0.25, 0.3) is 15.9 Å². The molecule has 12 heteroatoms. The van der Waals surface area contributed by atoms with Crippen LogP contribution in [-0.4, -0.2) is 45.0 Å². The number of hydrogen-bond donors (Lipinski definition) is 2. The van der Waals surface area contributed by atoms with E-state index < -0.39 is 34.2 Å². The lowest BCUT2D eigenvalue weighted by Crippen LogP contribution is -2.38. The highest BCUT2D eigenvalue weighted by Gasteiger charge is 2.29. The molecule has 0 spiro atoms. The summed E-state index contributed by atoms with van der Waals surface area (Å²) in [5.41, 5.74) is 1.09. The molecule has 210 valence electrons. The Bertz CT molecular complexity index is 1680. The first kappa shape index (κ1) is 27.6. The van der Waals surface area contributed by atoms with Crippen molar-refractivity contribution in [3.05, 3.63) is 108 Å². The van der Waals surface area contributed by atoms with E-state index in [1.165, 1.54) is 48.5 Å². The Kier molecular flexibility index (Phi) is 8.11. The van der Waals surface area contributed by atoms with Gasteiger partial charge in [0.1, 0.15) is 25.6 Å². The molecule has 2 N–H and O–H groups in total. The molecule has 0 unspecified atom stereocenters. The van der Waals surface area contributed by atoms with Crippen LogP contribution in [0.3, 0.4) is 0 Å². The minimum atomic E-state index is -4.37. The Balaban J connectivity index is 1.39. The van der Waals surface area contributed by atoms with Gasteiger partial charge >= 0.3 is 0 Å². The van der Waals surface area contributed by atoms with Gasteiger partial charge in [0, 0.05) is 25.0 Å². The van der Waals surface area contributed by atoms with Gasteiger partial charge in [0.05, 0.1) is 21.8 Å². The van der Waals surface area contributed by atoms with Crippen molar-refractivity contribution in [1.82, 2.24) is 10.3 Å². The van der Waals surface area contributed by atoms with Crippen molar-refractivity contribution < 1.29 is 31.9 Å². The minimum absolute atomic E-state index is 0.0578. The molecule has 0 saturated carbocycles. The van der Waals surface area contributed by atoms with Crippen molar-refractivity contribution in [2.24, 2.45) is 0 Å². The smallest absolute Gasteiger partial charge is 0.264 e. The highest BCUT2D eigenvalue weighted by atomic mass is 32.2. The third-order valence-corrected chi connectivity index (χ3v) is 7.88. The quantitative estimate of drug-likeness (QED) is 0.311. The molecule has 1 aromatic heterocycles. The summed E-state index contributed by atoms with van der Waals surface area (Å²) in [6.45, 7) is 0.0985. The summed E-state index contributed by atoms with van der Waals surface area (Å²) in [6.07, 6.45) is 3.24. The number of carbonyl (C=O) groups excluding carboxylic acids is 2. The van der Waals surface area contributed by atoms with E-state index in [1.54, 1.807) is 30.6 Å². The molecule has 10 nitrogen and oxygen atoms in total. The molecule has 0 radical (unpaired) electrons. The predicted molar refractivity (Wildman–Crippen MR) is 149 cm³/mol. The molecule has 0 atom stereocenters.